The molecule has 1 amide bonds. The monoisotopic (exact) mass is 451 g/mol. The fourth-order valence-electron chi connectivity index (χ4n) is 4.28. The molecule has 162 valence electrons. The van der Waals surface area contributed by atoms with Crippen LogP contribution >= 0.6 is 11.8 Å². The predicted octanol–water partition coefficient (Wildman–Crippen LogP) is 2.80. The number of thioether (sulfide) groups is 1. The lowest BCUT2D eigenvalue weighted by molar-refractivity contribution is -0.132. The average Bonchev–Trinajstić information content (AvgIpc) is 3.48. The molecule has 1 aliphatic carbocycles. The number of sulfone groups is 1. The van der Waals surface area contributed by atoms with E-state index < -0.39 is 9.84 Å². The lowest BCUT2D eigenvalue weighted by Crippen LogP contribution is -2.47. The number of hydrogen-bond acceptors (Lipinski definition) is 8. The summed E-state index contributed by atoms with van der Waals surface area (Å²) in [5.41, 5.74) is 0.689. The minimum absolute atomic E-state index is 0.0639. The predicted molar refractivity (Wildman–Crippen MR) is 113 cm³/mol. The van der Waals surface area contributed by atoms with Crippen molar-refractivity contribution < 1.29 is 22.4 Å². The van der Waals surface area contributed by atoms with E-state index >= 15 is 0 Å². The van der Waals surface area contributed by atoms with E-state index in [2.05, 4.69) is 10.2 Å². The number of benzene rings is 1. The van der Waals surface area contributed by atoms with E-state index in [1.807, 2.05) is 29.2 Å². The molecule has 0 N–H and O–H groups in total. The van der Waals surface area contributed by atoms with Crippen molar-refractivity contribution in [3.05, 3.63) is 24.3 Å². The summed E-state index contributed by atoms with van der Waals surface area (Å²) in [4.78, 5) is 14.9. The molecule has 10 heteroatoms. The van der Waals surface area contributed by atoms with Crippen LogP contribution in [0.25, 0.3) is 11.5 Å². The fraction of sp³-hybridized carbons (Fsp3) is 0.550. The zero-order valence-corrected chi connectivity index (χ0v) is 18.5. The van der Waals surface area contributed by atoms with Gasteiger partial charge >= 0.3 is 0 Å². The number of rotatable bonds is 7. The summed E-state index contributed by atoms with van der Waals surface area (Å²) in [5.74, 6) is 1.26. The Kier molecular flexibility index (Phi) is 6.33. The van der Waals surface area contributed by atoms with Crippen molar-refractivity contribution in [2.24, 2.45) is 0 Å². The van der Waals surface area contributed by atoms with Gasteiger partial charge in [-0.1, -0.05) is 36.7 Å². The van der Waals surface area contributed by atoms with Crippen LogP contribution in [0.2, 0.25) is 0 Å². The molecule has 1 saturated carbocycles. The zero-order chi connectivity index (χ0) is 21.1. The van der Waals surface area contributed by atoms with Crippen molar-refractivity contribution in [2.45, 2.75) is 49.4 Å². The summed E-state index contributed by atoms with van der Waals surface area (Å²) < 4.78 is 35.0. The Morgan fingerprint density at radius 1 is 1.20 bits per heavy atom. The van der Waals surface area contributed by atoms with E-state index in [0.29, 0.717) is 28.8 Å². The van der Waals surface area contributed by atoms with Crippen molar-refractivity contribution >= 4 is 27.5 Å². The second-order valence-corrected chi connectivity index (χ2v) is 10.8. The summed E-state index contributed by atoms with van der Waals surface area (Å²) in [6.07, 6.45) is 4.55. The van der Waals surface area contributed by atoms with Crippen molar-refractivity contribution in [3.63, 3.8) is 0 Å². The Bertz CT molecular complexity index is 1000. The van der Waals surface area contributed by atoms with Crippen LogP contribution in [0.1, 0.15) is 32.1 Å². The van der Waals surface area contributed by atoms with Gasteiger partial charge in [-0.25, -0.2) is 8.42 Å². The SMILES string of the molecule is COc1ccccc1-c1nnc(SCC(=O)N(C2CCCC2)C2CCS(=O)(=O)C2)o1. The quantitative estimate of drug-likeness (QED) is 0.592. The number of para-hydroxylation sites is 1. The molecule has 30 heavy (non-hydrogen) atoms. The number of ether oxygens (including phenoxy) is 1. The topological polar surface area (TPSA) is 103 Å². The standard InChI is InChI=1S/C20H25N3O5S2/c1-27-17-9-5-4-8-16(17)19-21-22-20(28-19)29-12-18(24)23(14-6-2-3-7-14)15-10-11-30(25,26)13-15/h4-5,8-9,14-15H,2-3,6-7,10-13H2,1H3. The van der Waals surface area contributed by atoms with Gasteiger partial charge in [-0.2, -0.15) is 0 Å². The number of hydrogen-bond donors (Lipinski definition) is 0. The third kappa shape index (κ3) is 4.64. The van der Waals surface area contributed by atoms with E-state index in [0.717, 1.165) is 25.7 Å². The summed E-state index contributed by atoms with van der Waals surface area (Å²) >= 11 is 1.18. The van der Waals surface area contributed by atoms with Crippen LogP contribution in [0.5, 0.6) is 5.75 Å². The zero-order valence-electron chi connectivity index (χ0n) is 16.8. The second kappa shape index (κ2) is 8.97. The number of methoxy groups -OCH3 is 1. The van der Waals surface area contributed by atoms with E-state index in [1.54, 1.807) is 7.11 Å². The molecule has 1 aliphatic heterocycles. The summed E-state index contributed by atoms with van der Waals surface area (Å²) in [6.45, 7) is 0. The van der Waals surface area contributed by atoms with Crippen LogP contribution in [-0.2, 0) is 14.6 Å². The van der Waals surface area contributed by atoms with Gasteiger partial charge in [0.2, 0.25) is 5.91 Å². The molecule has 1 unspecified atom stereocenters. The van der Waals surface area contributed by atoms with Gasteiger partial charge in [-0.3, -0.25) is 4.79 Å². The minimum Gasteiger partial charge on any atom is -0.496 e. The van der Waals surface area contributed by atoms with Crippen LogP contribution in [-0.4, -0.2) is 65.9 Å². The Morgan fingerprint density at radius 3 is 2.67 bits per heavy atom. The largest absolute Gasteiger partial charge is 0.496 e. The van der Waals surface area contributed by atoms with Crippen LogP contribution in [0.15, 0.2) is 33.9 Å². The molecule has 1 aromatic heterocycles. The summed E-state index contributed by atoms with van der Waals surface area (Å²) in [6, 6.07) is 7.25. The van der Waals surface area contributed by atoms with E-state index in [1.165, 1.54) is 11.8 Å². The molecule has 2 aromatic rings. The van der Waals surface area contributed by atoms with Crippen molar-refractivity contribution in [1.82, 2.24) is 15.1 Å². The Morgan fingerprint density at radius 2 is 1.97 bits per heavy atom. The van der Waals surface area contributed by atoms with Gasteiger partial charge in [0.05, 0.1) is 29.9 Å². The molecule has 1 atom stereocenters. The average molecular weight is 452 g/mol. The second-order valence-electron chi connectivity index (χ2n) is 7.66. The smallest absolute Gasteiger partial charge is 0.277 e. The van der Waals surface area contributed by atoms with Gasteiger partial charge in [-0.05, 0) is 31.4 Å². The molecular weight excluding hydrogens is 426 g/mol. The van der Waals surface area contributed by atoms with Crippen molar-refractivity contribution in [1.29, 1.82) is 0 Å². The lowest BCUT2D eigenvalue weighted by Gasteiger charge is -2.34. The van der Waals surface area contributed by atoms with E-state index in [-0.39, 0.29) is 35.2 Å². The van der Waals surface area contributed by atoms with Gasteiger partial charge in [0.15, 0.2) is 9.84 Å². The summed E-state index contributed by atoms with van der Waals surface area (Å²) in [7, 11) is -1.48. The van der Waals surface area contributed by atoms with Crippen LogP contribution in [0.4, 0.5) is 0 Å². The minimum atomic E-state index is -3.06. The van der Waals surface area contributed by atoms with Crippen LogP contribution in [0, 0.1) is 0 Å². The van der Waals surface area contributed by atoms with E-state index in [4.69, 9.17) is 9.15 Å². The first-order valence-electron chi connectivity index (χ1n) is 10.1. The Labute approximate surface area is 180 Å². The highest BCUT2D eigenvalue weighted by molar-refractivity contribution is 7.99. The van der Waals surface area contributed by atoms with E-state index in [9.17, 15) is 13.2 Å². The first kappa shape index (κ1) is 21.2. The third-order valence-corrected chi connectivity index (χ3v) is 8.22. The van der Waals surface area contributed by atoms with Gasteiger partial charge in [0.25, 0.3) is 11.1 Å². The molecule has 2 heterocycles. The van der Waals surface area contributed by atoms with Gasteiger partial charge in [0, 0.05) is 12.1 Å². The molecule has 0 radical (unpaired) electrons. The molecule has 0 spiro atoms. The number of carbonyl (C=O) groups is 1. The number of aromatic nitrogens is 2. The Hall–Kier alpha value is -2.07. The van der Waals surface area contributed by atoms with Crippen LogP contribution in [0.3, 0.4) is 0 Å². The van der Waals surface area contributed by atoms with Crippen molar-refractivity contribution in [2.75, 3.05) is 24.4 Å². The maximum Gasteiger partial charge on any atom is 0.277 e. The Balaban J connectivity index is 1.44. The highest BCUT2D eigenvalue weighted by Crippen LogP contribution is 2.32. The van der Waals surface area contributed by atoms with Crippen LogP contribution < -0.4 is 4.74 Å². The first-order valence-corrected chi connectivity index (χ1v) is 12.9. The van der Waals surface area contributed by atoms with Gasteiger partial charge in [0.1, 0.15) is 5.75 Å². The van der Waals surface area contributed by atoms with Crippen molar-refractivity contribution in [3.8, 4) is 17.2 Å². The number of nitrogens with zero attached hydrogens (tertiary/aromatic N) is 3. The molecule has 0 bridgehead atoms. The molecule has 8 nitrogen and oxygen atoms in total. The highest BCUT2D eigenvalue weighted by Gasteiger charge is 2.39. The third-order valence-electron chi connectivity index (χ3n) is 5.67. The normalized spacial score (nSPS) is 21.0. The highest BCUT2D eigenvalue weighted by atomic mass is 32.2. The fourth-order valence-corrected chi connectivity index (χ4v) is 6.62. The molecule has 2 aliphatic rings. The molecule has 2 fully saturated rings. The first-order chi connectivity index (χ1) is 14.5. The maximum atomic E-state index is 13.1. The number of amides is 1. The number of carbonyl (C=O) groups excluding carboxylic acids is 1. The molecule has 1 aromatic carbocycles. The summed E-state index contributed by atoms with van der Waals surface area (Å²) in [5, 5.41) is 8.41. The lowest BCUT2D eigenvalue weighted by atomic mass is 10.1. The van der Waals surface area contributed by atoms with Gasteiger partial charge in [-0.15, -0.1) is 10.2 Å². The maximum absolute atomic E-state index is 13.1. The molecule has 1 saturated heterocycles. The molecule has 4 rings (SSSR count). The van der Waals surface area contributed by atoms with Gasteiger partial charge < -0.3 is 14.1 Å². The molecular formula is C20H25N3O5S2.